The number of nitrogens with two attached hydrogens (primary N) is 2. The van der Waals surface area contributed by atoms with E-state index < -0.39 is 6.29 Å². The van der Waals surface area contributed by atoms with Crippen LogP contribution in [-0.4, -0.2) is 31.0 Å². The number of hydrogen-bond acceptors (Lipinski definition) is 9. The molecule has 0 spiro atoms. The predicted octanol–water partition coefficient (Wildman–Crippen LogP) is -2.56. The zero-order valence-corrected chi connectivity index (χ0v) is 9.49. The second-order valence-electron chi connectivity index (χ2n) is 3.84. The van der Waals surface area contributed by atoms with Crippen molar-refractivity contribution in [1.29, 1.82) is 5.53 Å². The summed E-state index contributed by atoms with van der Waals surface area (Å²) in [5.74, 6) is 0. The SMILES string of the molecule is CC(N=N)C(C)NC1NNC(NC(N)N)N1. The van der Waals surface area contributed by atoms with Crippen LogP contribution in [0.25, 0.3) is 0 Å². The van der Waals surface area contributed by atoms with Gasteiger partial charge in [-0.3, -0.25) is 16.0 Å². The topological polar surface area (TPSA) is 148 Å². The first kappa shape index (κ1) is 13.4. The summed E-state index contributed by atoms with van der Waals surface area (Å²) in [6, 6.07) is 0.00183. The van der Waals surface area contributed by atoms with Crippen LogP contribution in [0, 0.1) is 5.53 Å². The van der Waals surface area contributed by atoms with Gasteiger partial charge in [-0.25, -0.2) is 16.4 Å². The Kier molecular flexibility index (Phi) is 5.15. The number of rotatable bonds is 6. The highest BCUT2D eigenvalue weighted by Crippen LogP contribution is 1.97. The van der Waals surface area contributed by atoms with E-state index in [0.717, 1.165) is 0 Å². The van der Waals surface area contributed by atoms with Crippen LogP contribution in [0.2, 0.25) is 0 Å². The summed E-state index contributed by atoms with van der Waals surface area (Å²) < 4.78 is 0. The molecule has 0 aromatic heterocycles. The Labute approximate surface area is 94.6 Å². The summed E-state index contributed by atoms with van der Waals surface area (Å²) in [6.07, 6.45) is -0.923. The molecule has 1 saturated heterocycles. The first-order chi connectivity index (χ1) is 7.52. The van der Waals surface area contributed by atoms with Crippen LogP contribution >= 0.6 is 0 Å². The number of nitrogens with one attached hydrogen (secondary N) is 6. The average Bonchev–Trinajstić information content (AvgIpc) is 2.63. The molecule has 0 aliphatic carbocycles. The Morgan fingerprint density at radius 3 is 2.25 bits per heavy atom. The first-order valence-corrected chi connectivity index (χ1v) is 5.20. The van der Waals surface area contributed by atoms with E-state index in [1.165, 1.54) is 0 Å². The first-order valence-electron chi connectivity index (χ1n) is 5.20. The van der Waals surface area contributed by atoms with Gasteiger partial charge in [-0.05, 0) is 13.8 Å². The Bertz CT molecular complexity index is 220. The Morgan fingerprint density at radius 2 is 1.75 bits per heavy atom. The van der Waals surface area contributed by atoms with Crippen molar-refractivity contribution in [2.75, 3.05) is 0 Å². The zero-order chi connectivity index (χ0) is 12.1. The monoisotopic (exact) mass is 231 g/mol. The minimum Gasteiger partial charge on any atom is -0.304 e. The zero-order valence-electron chi connectivity index (χ0n) is 9.49. The molecule has 0 aromatic rings. The summed E-state index contributed by atoms with van der Waals surface area (Å²) in [7, 11) is 0. The minimum absolute atomic E-state index is 0.0765. The van der Waals surface area contributed by atoms with Crippen molar-refractivity contribution < 1.29 is 0 Å². The fraction of sp³-hybridized carbons (Fsp3) is 1.00. The van der Waals surface area contributed by atoms with E-state index in [0.29, 0.717) is 0 Å². The average molecular weight is 231 g/mol. The molecule has 4 unspecified atom stereocenters. The molecular weight excluding hydrogens is 210 g/mol. The van der Waals surface area contributed by atoms with E-state index in [-0.39, 0.29) is 24.7 Å². The molecule has 16 heavy (non-hydrogen) atoms. The number of hydrazine groups is 1. The van der Waals surface area contributed by atoms with Crippen LogP contribution in [0.15, 0.2) is 5.11 Å². The van der Waals surface area contributed by atoms with Crippen molar-refractivity contribution in [1.82, 2.24) is 26.8 Å². The van der Waals surface area contributed by atoms with E-state index in [2.05, 4.69) is 31.9 Å². The molecule has 0 saturated carbocycles. The second-order valence-corrected chi connectivity index (χ2v) is 3.84. The van der Waals surface area contributed by atoms with Gasteiger partial charge in [0.2, 0.25) is 0 Å². The van der Waals surface area contributed by atoms with Crippen molar-refractivity contribution in [3.63, 3.8) is 0 Å². The van der Waals surface area contributed by atoms with Gasteiger partial charge in [0.05, 0.1) is 6.04 Å². The van der Waals surface area contributed by atoms with Crippen molar-refractivity contribution >= 4 is 0 Å². The van der Waals surface area contributed by atoms with E-state index in [9.17, 15) is 0 Å². The Hall–Kier alpha value is -0.680. The summed E-state index contributed by atoms with van der Waals surface area (Å²) in [6.45, 7) is 3.83. The quantitative estimate of drug-likeness (QED) is 0.185. The highest BCUT2D eigenvalue weighted by Gasteiger charge is 2.24. The van der Waals surface area contributed by atoms with Crippen LogP contribution in [0.4, 0.5) is 0 Å². The van der Waals surface area contributed by atoms with Crippen molar-refractivity contribution in [2.24, 2.45) is 16.6 Å². The van der Waals surface area contributed by atoms with Gasteiger partial charge in [0.1, 0.15) is 18.9 Å². The summed E-state index contributed by atoms with van der Waals surface area (Å²) in [4.78, 5) is 0. The van der Waals surface area contributed by atoms with Gasteiger partial charge >= 0.3 is 0 Å². The molecule has 94 valence electrons. The van der Waals surface area contributed by atoms with Crippen LogP contribution in [0.5, 0.6) is 0 Å². The minimum atomic E-state index is -0.592. The lowest BCUT2D eigenvalue weighted by Crippen LogP contribution is -2.59. The Balaban J connectivity index is 2.28. The van der Waals surface area contributed by atoms with Gasteiger partial charge in [0, 0.05) is 6.04 Å². The third-order valence-corrected chi connectivity index (χ3v) is 2.42. The molecule has 9 heteroatoms. The second kappa shape index (κ2) is 6.15. The van der Waals surface area contributed by atoms with Gasteiger partial charge in [-0.2, -0.15) is 5.11 Å². The van der Waals surface area contributed by atoms with E-state index >= 15 is 0 Å². The highest BCUT2D eigenvalue weighted by molar-refractivity contribution is 4.80. The lowest BCUT2D eigenvalue weighted by Gasteiger charge is -2.22. The number of hydrogen-bond donors (Lipinski definition) is 8. The molecule has 10 N–H and O–H groups in total. The lowest BCUT2D eigenvalue weighted by atomic mass is 10.2. The molecule has 0 amide bonds. The molecule has 4 atom stereocenters. The molecule has 1 aliphatic heterocycles. The maximum absolute atomic E-state index is 6.93. The van der Waals surface area contributed by atoms with Crippen LogP contribution in [0.1, 0.15) is 13.8 Å². The van der Waals surface area contributed by atoms with Crippen molar-refractivity contribution in [3.8, 4) is 0 Å². The molecule has 0 bridgehead atoms. The smallest absolute Gasteiger partial charge is 0.129 e. The van der Waals surface area contributed by atoms with E-state index in [4.69, 9.17) is 17.0 Å². The maximum Gasteiger partial charge on any atom is 0.129 e. The van der Waals surface area contributed by atoms with Gasteiger partial charge < -0.3 is 11.5 Å². The molecule has 9 nitrogen and oxygen atoms in total. The lowest BCUT2D eigenvalue weighted by molar-refractivity contribution is 0.335. The summed E-state index contributed by atoms with van der Waals surface area (Å²) in [5, 5.41) is 12.6. The van der Waals surface area contributed by atoms with E-state index in [1.54, 1.807) is 0 Å². The van der Waals surface area contributed by atoms with Crippen molar-refractivity contribution in [3.05, 3.63) is 0 Å². The van der Waals surface area contributed by atoms with Gasteiger partial charge in [0.15, 0.2) is 0 Å². The van der Waals surface area contributed by atoms with Crippen LogP contribution in [-0.2, 0) is 0 Å². The summed E-state index contributed by atoms with van der Waals surface area (Å²) in [5.41, 5.74) is 23.6. The van der Waals surface area contributed by atoms with Gasteiger partial charge in [0.25, 0.3) is 0 Å². The molecular formula is C7H21N9. The van der Waals surface area contributed by atoms with Crippen LogP contribution in [0.3, 0.4) is 0 Å². The molecule has 0 aromatic carbocycles. The Morgan fingerprint density at radius 1 is 1.19 bits per heavy atom. The number of nitrogens with zero attached hydrogens (tertiary/aromatic N) is 1. The standard InChI is InChI=1S/C7H21N9/c1-3(4(2)14-10)11-6-13-7(16-15-6)12-5(8)9/h3-7,10-13,15-16H,8-9H2,1-2H3. The van der Waals surface area contributed by atoms with Crippen molar-refractivity contribution in [2.45, 2.75) is 44.8 Å². The van der Waals surface area contributed by atoms with Gasteiger partial charge in [-0.15, -0.1) is 0 Å². The third-order valence-electron chi connectivity index (χ3n) is 2.42. The molecule has 1 rings (SSSR count). The fourth-order valence-electron chi connectivity index (χ4n) is 1.30. The van der Waals surface area contributed by atoms with Gasteiger partial charge in [-0.1, -0.05) is 0 Å². The molecule has 1 fully saturated rings. The maximum atomic E-state index is 6.93. The molecule has 0 radical (unpaired) electrons. The molecule has 1 aliphatic rings. The highest BCUT2D eigenvalue weighted by atomic mass is 15.6. The van der Waals surface area contributed by atoms with E-state index in [1.807, 2.05) is 13.8 Å². The summed E-state index contributed by atoms with van der Waals surface area (Å²) >= 11 is 0. The predicted molar refractivity (Wildman–Crippen MR) is 59.5 cm³/mol. The third kappa shape index (κ3) is 4.06. The molecule has 1 heterocycles. The largest absolute Gasteiger partial charge is 0.304 e. The normalized spacial score (nSPS) is 29.3. The van der Waals surface area contributed by atoms with Crippen LogP contribution < -0.4 is 38.3 Å². The fourth-order valence-corrected chi connectivity index (χ4v) is 1.30.